The molecule has 0 bridgehead atoms. The summed E-state index contributed by atoms with van der Waals surface area (Å²) in [5, 5.41) is 8.22. The minimum absolute atomic E-state index is 0.611. The molecule has 0 aromatic rings. The van der Waals surface area contributed by atoms with Gasteiger partial charge in [0.2, 0.25) is 0 Å². The van der Waals surface area contributed by atoms with Crippen LogP contribution in [0.4, 0.5) is 0 Å². The van der Waals surface area contributed by atoms with Crippen LogP contribution in [0.2, 0.25) is 0 Å². The first kappa shape index (κ1) is 6.45. The predicted molar refractivity (Wildman–Crippen MR) is 28.5 cm³/mol. The number of nitrogens with two attached hydrogens (primary N) is 1. The van der Waals surface area contributed by atoms with E-state index in [2.05, 4.69) is 0 Å². The molecule has 0 saturated carbocycles. The third kappa shape index (κ3) is 2.18. The molecule has 0 spiro atoms. The van der Waals surface area contributed by atoms with Crippen molar-refractivity contribution in [1.82, 2.24) is 0 Å². The summed E-state index contributed by atoms with van der Waals surface area (Å²) in [5.41, 5.74) is 4.74. The molecule has 0 aliphatic heterocycles. The second kappa shape index (κ2) is 1.94. The van der Waals surface area contributed by atoms with Gasteiger partial charge in [-0.3, -0.25) is 0 Å². The van der Waals surface area contributed by atoms with Crippen molar-refractivity contribution in [3.05, 3.63) is 0 Å². The van der Waals surface area contributed by atoms with Gasteiger partial charge in [-0.2, -0.15) is 5.26 Å². The van der Waals surface area contributed by atoms with Gasteiger partial charge in [0.1, 0.15) is 5.54 Å². The van der Waals surface area contributed by atoms with Crippen LogP contribution >= 0.6 is 0 Å². The summed E-state index contributed by atoms with van der Waals surface area (Å²) in [5.74, 6) is 0. The van der Waals surface area contributed by atoms with E-state index in [0.717, 1.165) is 0 Å². The number of nitriles is 1. The van der Waals surface area contributed by atoms with Gasteiger partial charge in [0, 0.05) is 0 Å². The summed E-state index contributed by atoms with van der Waals surface area (Å²) >= 11 is 0. The van der Waals surface area contributed by atoms with Crippen LogP contribution in [0.3, 0.4) is 0 Å². The van der Waals surface area contributed by atoms with Gasteiger partial charge in [0.15, 0.2) is 0 Å². The first-order valence-electron chi connectivity index (χ1n) is 2.32. The number of nitrogens with zero attached hydrogens (tertiary/aromatic N) is 1. The maximum Gasteiger partial charge on any atom is 0.101 e. The normalized spacial score (nSPS) is 17.4. The molecule has 0 saturated heterocycles. The first-order valence-corrected chi connectivity index (χ1v) is 2.32. The van der Waals surface area contributed by atoms with Crippen molar-refractivity contribution in [2.24, 2.45) is 5.73 Å². The lowest BCUT2D eigenvalue weighted by Gasteiger charge is -2.09. The van der Waals surface area contributed by atoms with E-state index in [4.69, 9.17) is 11.0 Å². The molecule has 0 fully saturated rings. The fourth-order valence-electron chi connectivity index (χ4n) is 0.0791. The highest BCUT2D eigenvalue weighted by atomic mass is 14.7. The zero-order valence-electron chi connectivity index (χ0n) is 4.73. The summed E-state index contributed by atoms with van der Waals surface area (Å²) in [7, 11) is 0. The van der Waals surface area contributed by atoms with Gasteiger partial charge in [-0.1, -0.05) is 6.92 Å². The van der Waals surface area contributed by atoms with Crippen molar-refractivity contribution in [2.45, 2.75) is 25.8 Å². The Morgan fingerprint density at radius 1 is 1.86 bits per heavy atom. The molecular weight excluding hydrogens is 88.1 g/mol. The third-order valence-electron chi connectivity index (χ3n) is 0.990. The van der Waals surface area contributed by atoms with Crippen LogP contribution in [0.15, 0.2) is 0 Å². The highest BCUT2D eigenvalue weighted by molar-refractivity contribution is 4.99. The summed E-state index contributed by atoms with van der Waals surface area (Å²) in [6.07, 6.45) is 0.712. The number of hydrogen-bond donors (Lipinski definition) is 1. The molecular formula is C5H10N2. The maximum absolute atomic E-state index is 8.22. The van der Waals surface area contributed by atoms with E-state index in [1.54, 1.807) is 6.92 Å². The molecule has 0 aliphatic rings. The molecule has 0 radical (unpaired) electrons. The molecule has 40 valence electrons. The van der Waals surface area contributed by atoms with Crippen molar-refractivity contribution < 1.29 is 0 Å². The lowest BCUT2D eigenvalue weighted by atomic mass is 10.0. The Morgan fingerprint density at radius 3 is 2.29 bits per heavy atom. The van der Waals surface area contributed by atoms with Crippen LogP contribution in [-0.4, -0.2) is 5.54 Å². The molecule has 0 rings (SSSR count). The van der Waals surface area contributed by atoms with E-state index < -0.39 is 5.54 Å². The van der Waals surface area contributed by atoms with Crippen LogP contribution in [0, 0.1) is 11.3 Å². The monoisotopic (exact) mass is 98.1 g/mol. The second-order valence-corrected chi connectivity index (χ2v) is 1.88. The van der Waals surface area contributed by atoms with Gasteiger partial charge in [-0.25, -0.2) is 0 Å². The van der Waals surface area contributed by atoms with Crippen LogP contribution in [0.1, 0.15) is 20.3 Å². The van der Waals surface area contributed by atoms with E-state index in [1.807, 2.05) is 13.0 Å². The highest BCUT2D eigenvalue weighted by Gasteiger charge is 2.11. The molecule has 0 aliphatic carbocycles. The average molecular weight is 98.1 g/mol. The van der Waals surface area contributed by atoms with Crippen molar-refractivity contribution in [1.29, 1.82) is 5.26 Å². The molecule has 1 atom stereocenters. The summed E-state index contributed by atoms with van der Waals surface area (Å²) in [4.78, 5) is 0. The number of rotatable bonds is 1. The Morgan fingerprint density at radius 2 is 2.29 bits per heavy atom. The zero-order valence-corrected chi connectivity index (χ0v) is 4.73. The van der Waals surface area contributed by atoms with Crippen LogP contribution in [0.25, 0.3) is 0 Å². The standard InChI is InChI=1S/C5H10N2/c1-3-5(2,7)4-6/h3,7H2,1-2H3. The van der Waals surface area contributed by atoms with Gasteiger partial charge in [-0.05, 0) is 13.3 Å². The molecule has 1 unspecified atom stereocenters. The molecule has 0 aromatic heterocycles. The van der Waals surface area contributed by atoms with Crippen molar-refractivity contribution in [3.63, 3.8) is 0 Å². The minimum Gasteiger partial charge on any atom is -0.314 e. The summed E-state index contributed by atoms with van der Waals surface area (Å²) in [6.45, 7) is 3.61. The van der Waals surface area contributed by atoms with Gasteiger partial charge in [0.25, 0.3) is 0 Å². The fraction of sp³-hybridized carbons (Fsp3) is 0.800. The second-order valence-electron chi connectivity index (χ2n) is 1.88. The molecule has 0 heterocycles. The third-order valence-corrected chi connectivity index (χ3v) is 0.990. The quantitative estimate of drug-likeness (QED) is 0.523. The smallest absolute Gasteiger partial charge is 0.101 e. The van der Waals surface area contributed by atoms with Crippen molar-refractivity contribution >= 4 is 0 Å². The van der Waals surface area contributed by atoms with Gasteiger partial charge in [0.05, 0.1) is 6.07 Å². The lowest BCUT2D eigenvalue weighted by molar-refractivity contribution is 0.578. The fourth-order valence-corrected chi connectivity index (χ4v) is 0.0791. The van der Waals surface area contributed by atoms with Gasteiger partial charge >= 0.3 is 0 Å². The van der Waals surface area contributed by atoms with Gasteiger partial charge < -0.3 is 5.73 Å². The molecule has 2 nitrogen and oxygen atoms in total. The lowest BCUT2D eigenvalue weighted by Crippen LogP contribution is -2.32. The maximum atomic E-state index is 8.22. The summed E-state index contributed by atoms with van der Waals surface area (Å²) in [6, 6.07) is 1.97. The van der Waals surface area contributed by atoms with E-state index in [9.17, 15) is 0 Å². The Balaban J connectivity index is 3.66. The Kier molecular flexibility index (Phi) is 1.79. The van der Waals surface area contributed by atoms with E-state index >= 15 is 0 Å². The molecule has 7 heavy (non-hydrogen) atoms. The predicted octanol–water partition coefficient (Wildman–Crippen LogP) is 0.637. The largest absolute Gasteiger partial charge is 0.314 e. The first-order chi connectivity index (χ1) is 3.12. The SMILES string of the molecule is CCC(C)(N)C#N. The zero-order chi connectivity index (χ0) is 5.91. The Hall–Kier alpha value is -0.550. The van der Waals surface area contributed by atoms with Crippen LogP contribution in [0.5, 0.6) is 0 Å². The molecule has 2 heteroatoms. The van der Waals surface area contributed by atoms with E-state index in [1.165, 1.54) is 0 Å². The Labute approximate surface area is 43.9 Å². The van der Waals surface area contributed by atoms with Crippen LogP contribution < -0.4 is 5.73 Å². The van der Waals surface area contributed by atoms with E-state index in [0.29, 0.717) is 6.42 Å². The summed E-state index contributed by atoms with van der Waals surface area (Å²) < 4.78 is 0. The van der Waals surface area contributed by atoms with Crippen LogP contribution in [-0.2, 0) is 0 Å². The minimum atomic E-state index is -0.611. The average Bonchev–Trinajstić information content (AvgIpc) is 1.68. The molecule has 2 N–H and O–H groups in total. The van der Waals surface area contributed by atoms with E-state index in [-0.39, 0.29) is 0 Å². The van der Waals surface area contributed by atoms with Crippen molar-refractivity contribution in [3.8, 4) is 6.07 Å². The van der Waals surface area contributed by atoms with Gasteiger partial charge in [-0.15, -0.1) is 0 Å². The Bertz CT molecular complexity index is 88.7. The molecule has 0 aromatic carbocycles. The number of hydrogen-bond acceptors (Lipinski definition) is 2. The highest BCUT2D eigenvalue weighted by Crippen LogP contribution is 1.99. The van der Waals surface area contributed by atoms with Crippen molar-refractivity contribution in [2.75, 3.05) is 0 Å². The molecule has 0 amide bonds. The topological polar surface area (TPSA) is 49.8 Å².